The molecule has 0 spiro atoms. The number of nitrogens with one attached hydrogen (secondary N) is 1. The van der Waals surface area contributed by atoms with E-state index >= 15 is 0 Å². The predicted molar refractivity (Wildman–Crippen MR) is 130 cm³/mol. The van der Waals surface area contributed by atoms with Gasteiger partial charge in [-0.3, -0.25) is 9.59 Å². The van der Waals surface area contributed by atoms with Crippen LogP contribution in [0.4, 0.5) is 0 Å². The molecule has 3 rings (SSSR count). The first-order valence-corrected chi connectivity index (χ1v) is 11.0. The van der Waals surface area contributed by atoms with Gasteiger partial charge in [0.05, 0.1) is 15.6 Å². The number of halogens is 2. The summed E-state index contributed by atoms with van der Waals surface area (Å²) in [6, 6.07) is 10.7. The Morgan fingerprint density at radius 1 is 1.09 bits per heavy atom. The van der Waals surface area contributed by atoms with E-state index in [1.54, 1.807) is 54.9 Å². The molecule has 0 bridgehead atoms. The van der Waals surface area contributed by atoms with Gasteiger partial charge >= 0.3 is 11.9 Å². The maximum Gasteiger partial charge on any atom is 0.321 e. The Morgan fingerprint density at radius 3 is 2.32 bits per heavy atom. The van der Waals surface area contributed by atoms with Crippen LogP contribution in [-0.2, 0) is 11.2 Å². The summed E-state index contributed by atoms with van der Waals surface area (Å²) in [4.78, 5) is 43.6. The molecule has 0 fully saturated rings. The van der Waals surface area contributed by atoms with Gasteiger partial charge in [-0.2, -0.15) is 0 Å². The lowest BCUT2D eigenvalue weighted by Crippen LogP contribution is -2.40. The molecule has 0 aliphatic heterocycles. The highest BCUT2D eigenvalue weighted by atomic mass is 35.5. The molecule has 0 saturated carbocycles. The summed E-state index contributed by atoms with van der Waals surface area (Å²) in [5.74, 6) is -1.14. The lowest BCUT2D eigenvalue weighted by Gasteiger charge is -2.14. The second kappa shape index (κ2) is 12.0. The van der Waals surface area contributed by atoms with Gasteiger partial charge in [-0.15, -0.1) is 4.91 Å². The highest BCUT2D eigenvalue weighted by Gasteiger charge is 2.23. The second-order valence-corrected chi connectivity index (χ2v) is 7.90. The molecular weight excluding hydrogens is 479 g/mol. The number of carbonyl (C=O) groups excluding carboxylic acids is 2. The third-order valence-corrected chi connectivity index (χ3v) is 5.37. The van der Waals surface area contributed by atoms with Crippen LogP contribution in [0.25, 0.3) is 6.08 Å². The summed E-state index contributed by atoms with van der Waals surface area (Å²) in [5, 5.41) is 5.15. The smallest absolute Gasteiger partial charge is 0.321 e. The third kappa shape index (κ3) is 6.69. The Morgan fingerprint density at radius 2 is 1.74 bits per heavy atom. The van der Waals surface area contributed by atoms with E-state index in [1.807, 2.05) is 6.92 Å². The van der Waals surface area contributed by atoms with Gasteiger partial charge in [0, 0.05) is 17.6 Å². The number of aryl methyl sites for hydroxylation is 1. The fraction of sp³-hybridized carbons (Fsp3) is 0.167. The molecule has 1 atom stereocenters. The predicted octanol–water partition coefficient (Wildman–Crippen LogP) is 5.63. The lowest BCUT2D eigenvalue weighted by molar-refractivity contribution is -0.119. The largest absolute Gasteiger partial charge is 0.424 e. The molecule has 10 heteroatoms. The first-order chi connectivity index (χ1) is 16.4. The van der Waals surface area contributed by atoms with Crippen molar-refractivity contribution in [1.29, 1.82) is 0 Å². The fourth-order valence-electron chi connectivity index (χ4n) is 2.90. The average Bonchev–Trinajstić information content (AvgIpc) is 2.84. The van der Waals surface area contributed by atoms with Crippen molar-refractivity contribution < 1.29 is 14.3 Å². The topological polar surface area (TPSA) is 111 Å². The molecule has 174 valence electrons. The molecule has 0 saturated heterocycles. The van der Waals surface area contributed by atoms with Crippen LogP contribution in [0.1, 0.15) is 34.8 Å². The number of amides is 2. The second-order valence-electron chi connectivity index (χ2n) is 7.09. The standard InChI is InChI=1S/C24H20Cl2N4O4/c1-2-15-13-27-24(28-14-15)34-17-11-9-16(10-12-17)5-3-8-20(22(31)30-33)29-23(32)21-18(25)6-4-7-19(21)26/h3-7,9-14,20H,2,8H2,1H3,(H,29,32)/b5-3+. The number of aromatic nitrogens is 2. The maximum absolute atomic E-state index is 12.5. The number of nitroso groups, excluding NO2 is 1. The number of hydrogen-bond acceptors (Lipinski definition) is 6. The number of ether oxygens (including phenoxy) is 1. The van der Waals surface area contributed by atoms with E-state index in [0.717, 1.165) is 17.5 Å². The van der Waals surface area contributed by atoms with Crippen molar-refractivity contribution in [2.75, 3.05) is 0 Å². The van der Waals surface area contributed by atoms with Gasteiger partial charge < -0.3 is 10.1 Å². The molecule has 1 aromatic heterocycles. The van der Waals surface area contributed by atoms with E-state index in [4.69, 9.17) is 27.9 Å². The first kappa shape index (κ1) is 25.0. The molecule has 1 unspecified atom stereocenters. The van der Waals surface area contributed by atoms with E-state index in [2.05, 4.69) is 20.5 Å². The van der Waals surface area contributed by atoms with Crippen LogP contribution in [0.15, 0.2) is 66.1 Å². The Balaban J connectivity index is 1.63. The zero-order valence-electron chi connectivity index (χ0n) is 18.1. The fourth-order valence-corrected chi connectivity index (χ4v) is 3.47. The average molecular weight is 499 g/mol. The van der Waals surface area contributed by atoms with E-state index < -0.39 is 17.9 Å². The van der Waals surface area contributed by atoms with Crippen LogP contribution in [0.3, 0.4) is 0 Å². The minimum absolute atomic E-state index is 0.0161. The van der Waals surface area contributed by atoms with Gasteiger partial charge in [0.1, 0.15) is 11.8 Å². The molecule has 3 aromatic rings. The van der Waals surface area contributed by atoms with Crippen LogP contribution < -0.4 is 10.1 Å². The number of rotatable bonds is 9. The number of benzene rings is 2. The van der Waals surface area contributed by atoms with E-state index in [9.17, 15) is 14.5 Å². The minimum Gasteiger partial charge on any atom is -0.424 e. The van der Waals surface area contributed by atoms with Gasteiger partial charge in [0.25, 0.3) is 5.91 Å². The molecule has 1 heterocycles. The number of hydrogen-bond donors (Lipinski definition) is 1. The third-order valence-electron chi connectivity index (χ3n) is 4.74. The lowest BCUT2D eigenvalue weighted by atomic mass is 10.1. The molecule has 0 radical (unpaired) electrons. The van der Waals surface area contributed by atoms with Crippen molar-refractivity contribution in [3.63, 3.8) is 0 Å². The molecule has 8 nitrogen and oxygen atoms in total. The summed E-state index contributed by atoms with van der Waals surface area (Å²) in [6.45, 7) is 2.02. The van der Waals surface area contributed by atoms with Gasteiger partial charge in [0.2, 0.25) is 0 Å². The van der Waals surface area contributed by atoms with Crippen LogP contribution in [0, 0.1) is 4.91 Å². The SMILES string of the molecule is CCc1cnc(Oc2ccc(/C=C/CC(NC(=O)c3c(Cl)cccc3Cl)C(=O)N=O)cc2)nc1. The van der Waals surface area contributed by atoms with Gasteiger partial charge in [-0.05, 0) is 48.2 Å². The Hall–Kier alpha value is -3.62. The van der Waals surface area contributed by atoms with Gasteiger partial charge in [0.15, 0.2) is 0 Å². The Bertz CT molecular complexity index is 1180. The monoisotopic (exact) mass is 498 g/mol. The first-order valence-electron chi connectivity index (χ1n) is 10.3. The van der Waals surface area contributed by atoms with Crippen molar-refractivity contribution in [2.45, 2.75) is 25.8 Å². The van der Waals surface area contributed by atoms with E-state index in [-0.39, 0.29) is 28.0 Å². The van der Waals surface area contributed by atoms with Crippen LogP contribution in [0.5, 0.6) is 11.8 Å². The summed E-state index contributed by atoms with van der Waals surface area (Å²) in [7, 11) is 0. The number of carbonyl (C=O) groups is 2. The van der Waals surface area contributed by atoms with E-state index in [0.29, 0.717) is 5.75 Å². The van der Waals surface area contributed by atoms with Crippen LogP contribution in [0.2, 0.25) is 10.0 Å². The summed E-state index contributed by atoms with van der Waals surface area (Å²) < 4.78 is 5.62. The summed E-state index contributed by atoms with van der Waals surface area (Å²) in [5.41, 5.74) is 1.84. The minimum atomic E-state index is -1.17. The van der Waals surface area contributed by atoms with Crippen LogP contribution >= 0.6 is 23.2 Å². The van der Waals surface area contributed by atoms with Crippen molar-refractivity contribution in [1.82, 2.24) is 15.3 Å². The summed E-state index contributed by atoms with van der Waals surface area (Å²) >= 11 is 12.1. The van der Waals surface area contributed by atoms with Crippen molar-refractivity contribution in [3.05, 3.63) is 92.6 Å². The molecule has 34 heavy (non-hydrogen) atoms. The highest BCUT2D eigenvalue weighted by Crippen LogP contribution is 2.24. The van der Waals surface area contributed by atoms with Crippen molar-refractivity contribution in [3.8, 4) is 11.8 Å². The summed E-state index contributed by atoms with van der Waals surface area (Å²) in [6.07, 6.45) is 7.68. The molecule has 1 N–H and O–H groups in total. The van der Waals surface area contributed by atoms with Gasteiger partial charge in [-0.25, -0.2) is 9.97 Å². The maximum atomic E-state index is 12.5. The molecule has 0 aliphatic carbocycles. The normalized spacial score (nSPS) is 11.7. The zero-order chi connectivity index (χ0) is 24.5. The molecular formula is C24H20Cl2N4O4. The molecule has 2 amide bonds. The van der Waals surface area contributed by atoms with Crippen LogP contribution in [-0.4, -0.2) is 27.8 Å². The quantitative estimate of drug-likeness (QED) is 0.382. The number of nitrogens with zero attached hydrogens (tertiary/aromatic N) is 3. The Labute approximate surface area is 206 Å². The van der Waals surface area contributed by atoms with Gasteiger partial charge in [-0.1, -0.05) is 60.5 Å². The molecule has 2 aromatic carbocycles. The van der Waals surface area contributed by atoms with Crippen molar-refractivity contribution >= 4 is 41.1 Å². The Kier molecular flexibility index (Phi) is 8.84. The molecule has 0 aliphatic rings. The van der Waals surface area contributed by atoms with E-state index in [1.165, 1.54) is 12.1 Å². The highest BCUT2D eigenvalue weighted by molar-refractivity contribution is 6.39. The zero-order valence-corrected chi connectivity index (χ0v) is 19.6. The van der Waals surface area contributed by atoms with Crippen molar-refractivity contribution in [2.24, 2.45) is 5.18 Å².